The van der Waals surface area contributed by atoms with E-state index in [0.717, 1.165) is 44.9 Å². The van der Waals surface area contributed by atoms with Gasteiger partial charge in [-0.3, -0.25) is 0 Å². The molecule has 4 aromatic carbocycles. The lowest BCUT2D eigenvalue weighted by molar-refractivity contribution is 0.432. The summed E-state index contributed by atoms with van der Waals surface area (Å²) in [5, 5.41) is 38.2. The lowest BCUT2D eigenvalue weighted by atomic mass is 9.76. The quantitative estimate of drug-likeness (QED) is 0.201. The number of ether oxygens (including phenoxy) is 2. The van der Waals surface area contributed by atoms with Gasteiger partial charge < -0.3 is 9.47 Å². The average Bonchev–Trinajstić information content (AvgIpc) is 3.03. The van der Waals surface area contributed by atoms with E-state index in [2.05, 4.69) is 132 Å². The second-order valence-electron chi connectivity index (χ2n) is 17.3. The predicted octanol–water partition coefficient (Wildman–Crippen LogP) is 11.5. The molecule has 0 aliphatic heterocycles. The Morgan fingerprint density at radius 1 is 0.412 bits per heavy atom. The molecule has 0 spiro atoms. The standard InChI is InChI=1S/C45H48N4O2/c1-42(2,3)36-18-28(19-37(43(4,5)6)40(36)50-34-15-13-30(24-46)32(22-34)26-48)17-29-20-38(44(7,8)9)41(39(21-29)45(10,11)12)51-35-16-14-31(25-47)33(23-35)27-49/h13-16,18-23H,17H2,1-12H3. The smallest absolute Gasteiger partial charge is 0.134 e. The molecule has 0 aliphatic carbocycles. The zero-order chi connectivity index (χ0) is 38.1. The minimum absolute atomic E-state index is 0.274. The van der Waals surface area contributed by atoms with Gasteiger partial charge >= 0.3 is 0 Å². The monoisotopic (exact) mass is 676 g/mol. The number of benzene rings is 4. The van der Waals surface area contributed by atoms with Gasteiger partial charge in [0.05, 0.1) is 22.3 Å². The third-order valence-electron chi connectivity index (χ3n) is 8.84. The Kier molecular flexibility index (Phi) is 10.5. The topological polar surface area (TPSA) is 114 Å². The molecule has 0 fully saturated rings. The van der Waals surface area contributed by atoms with Crippen molar-refractivity contribution < 1.29 is 9.47 Å². The summed E-state index contributed by atoms with van der Waals surface area (Å²) in [6, 6.07) is 27.4. The van der Waals surface area contributed by atoms with Crippen LogP contribution in [0.15, 0.2) is 60.7 Å². The largest absolute Gasteiger partial charge is 0.457 e. The molecule has 4 aromatic rings. The summed E-state index contributed by atoms with van der Waals surface area (Å²) in [6.45, 7) is 26.1. The van der Waals surface area contributed by atoms with Crippen LogP contribution >= 0.6 is 0 Å². The Morgan fingerprint density at radius 2 is 0.686 bits per heavy atom. The van der Waals surface area contributed by atoms with Crippen molar-refractivity contribution in [3.8, 4) is 47.3 Å². The Labute approximate surface area is 304 Å². The highest BCUT2D eigenvalue weighted by Crippen LogP contribution is 2.46. The van der Waals surface area contributed by atoms with E-state index < -0.39 is 0 Å². The summed E-state index contributed by atoms with van der Waals surface area (Å²) in [4.78, 5) is 0. The number of hydrogen-bond donors (Lipinski definition) is 0. The summed E-state index contributed by atoms with van der Waals surface area (Å²) in [5.41, 5.74) is 6.59. The van der Waals surface area contributed by atoms with Gasteiger partial charge in [-0.05, 0) is 75.6 Å². The third kappa shape index (κ3) is 8.61. The van der Waals surface area contributed by atoms with Gasteiger partial charge in [0.25, 0.3) is 0 Å². The summed E-state index contributed by atoms with van der Waals surface area (Å²) < 4.78 is 13.3. The molecule has 0 unspecified atom stereocenters. The van der Waals surface area contributed by atoms with E-state index in [1.165, 1.54) is 0 Å². The van der Waals surface area contributed by atoms with Crippen molar-refractivity contribution in [1.82, 2.24) is 0 Å². The Balaban J connectivity index is 1.92. The minimum atomic E-state index is -0.274. The first-order valence-corrected chi connectivity index (χ1v) is 17.2. The van der Waals surface area contributed by atoms with Gasteiger partial charge in [0.1, 0.15) is 47.3 Å². The maximum Gasteiger partial charge on any atom is 0.134 e. The molecule has 4 rings (SSSR count). The van der Waals surface area contributed by atoms with Crippen LogP contribution in [-0.4, -0.2) is 0 Å². The normalized spacial score (nSPS) is 11.9. The molecule has 6 nitrogen and oxygen atoms in total. The van der Waals surface area contributed by atoms with Gasteiger partial charge in [-0.1, -0.05) is 107 Å². The van der Waals surface area contributed by atoms with Crippen LogP contribution in [-0.2, 0) is 28.1 Å². The number of hydrogen-bond acceptors (Lipinski definition) is 6. The third-order valence-corrected chi connectivity index (χ3v) is 8.84. The molecule has 0 heterocycles. The molecular formula is C45H48N4O2. The van der Waals surface area contributed by atoms with Crippen molar-refractivity contribution in [2.45, 2.75) is 111 Å². The van der Waals surface area contributed by atoms with E-state index in [4.69, 9.17) is 9.47 Å². The SMILES string of the molecule is CC(C)(C)c1cc(Cc2cc(C(C)(C)C)c(Oc3ccc(C#N)c(C#N)c3)c(C(C)(C)C)c2)cc(C(C)(C)C)c1Oc1ccc(C#N)c(C#N)c1. The Bertz CT molecular complexity index is 1930. The zero-order valence-corrected chi connectivity index (χ0v) is 32.1. The van der Waals surface area contributed by atoms with E-state index in [0.29, 0.717) is 29.0 Å². The molecule has 260 valence electrons. The van der Waals surface area contributed by atoms with Crippen LogP contribution in [0, 0.1) is 45.3 Å². The molecule has 0 saturated carbocycles. The maximum atomic E-state index is 9.67. The van der Waals surface area contributed by atoms with Crippen molar-refractivity contribution in [3.05, 3.63) is 116 Å². The Morgan fingerprint density at radius 3 is 0.922 bits per heavy atom. The first-order valence-electron chi connectivity index (χ1n) is 17.2. The van der Waals surface area contributed by atoms with Crippen molar-refractivity contribution in [2.24, 2.45) is 0 Å². The van der Waals surface area contributed by atoms with Crippen LogP contribution in [0.25, 0.3) is 0 Å². The van der Waals surface area contributed by atoms with Crippen molar-refractivity contribution in [2.75, 3.05) is 0 Å². The highest BCUT2D eigenvalue weighted by atomic mass is 16.5. The van der Waals surface area contributed by atoms with Gasteiger partial charge in [-0.25, -0.2) is 0 Å². The highest BCUT2D eigenvalue weighted by molar-refractivity contribution is 5.58. The summed E-state index contributed by atoms with van der Waals surface area (Å²) in [6.07, 6.45) is 0.670. The van der Waals surface area contributed by atoms with Gasteiger partial charge in [-0.2, -0.15) is 21.0 Å². The second kappa shape index (κ2) is 14.0. The first-order chi connectivity index (χ1) is 23.6. The van der Waals surface area contributed by atoms with Crippen LogP contribution < -0.4 is 9.47 Å². The van der Waals surface area contributed by atoms with E-state index in [-0.39, 0.29) is 32.8 Å². The molecule has 0 amide bonds. The molecule has 0 atom stereocenters. The second-order valence-corrected chi connectivity index (χ2v) is 17.3. The summed E-state index contributed by atoms with van der Waals surface area (Å²) in [5.74, 6) is 2.55. The predicted molar refractivity (Wildman–Crippen MR) is 202 cm³/mol. The van der Waals surface area contributed by atoms with Gasteiger partial charge in [0, 0.05) is 22.3 Å². The van der Waals surface area contributed by atoms with Gasteiger partial charge in [-0.15, -0.1) is 0 Å². The van der Waals surface area contributed by atoms with Crippen molar-refractivity contribution in [3.63, 3.8) is 0 Å². The molecule has 0 radical (unpaired) electrons. The summed E-state index contributed by atoms with van der Waals surface area (Å²) in [7, 11) is 0. The Hall–Kier alpha value is -5.56. The average molecular weight is 677 g/mol. The number of rotatable bonds is 6. The fraction of sp³-hybridized carbons (Fsp3) is 0.378. The summed E-state index contributed by atoms with van der Waals surface area (Å²) >= 11 is 0. The van der Waals surface area contributed by atoms with E-state index in [9.17, 15) is 21.0 Å². The molecule has 0 aromatic heterocycles. The molecule has 0 saturated heterocycles. The zero-order valence-electron chi connectivity index (χ0n) is 32.1. The van der Waals surface area contributed by atoms with E-state index >= 15 is 0 Å². The fourth-order valence-electron chi connectivity index (χ4n) is 6.05. The van der Waals surface area contributed by atoms with Crippen LogP contribution in [0.5, 0.6) is 23.0 Å². The van der Waals surface area contributed by atoms with Gasteiger partial charge in [0.15, 0.2) is 0 Å². The van der Waals surface area contributed by atoms with E-state index in [1.54, 1.807) is 36.4 Å². The van der Waals surface area contributed by atoms with Gasteiger partial charge in [0.2, 0.25) is 0 Å². The molecule has 0 aliphatic rings. The maximum absolute atomic E-state index is 9.67. The van der Waals surface area contributed by atoms with Crippen LogP contribution in [0.3, 0.4) is 0 Å². The molecule has 51 heavy (non-hydrogen) atoms. The lowest BCUT2D eigenvalue weighted by Crippen LogP contribution is -2.20. The molecule has 0 N–H and O–H groups in total. The van der Waals surface area contributed by atoms with Crippen molar-refractivity contribution in [1.29, 1.82) is 21.0 Å². The molecular weight excluding hydrogens is 629 g/mol. The molecule has 0 bridgehead atoms. The van der Waals surface area contributed by atoms with Crippen molar-refractivity contribution >= 4 is 0 Å². The highest BCUT2D eigenvalue weighted by Gasteiger charge is 2.31. The minimum Gasteiger partial charge on any atom is -0.457 e. The number of nitriles is 4. The van der Waals surface area contributed by atoms with Crippen LogP contribution in [0.4, 0.5) is 0 Å². The van der Waals surface area contributed by atoms with E-state index in [1.807, 2.05) is 0 Å². The number of nitrogens with zero attached hydrogens (tertiary/aromatic N) is 4. The lowest BCUT2D eigenvalue weighted by Gasteiger charge is -2.32. The van der Waals surface area contributed by atoms with Crippen LogP contribution in [0.2, 0.25) is 0 Å². The fourth-order valence-corrected chi connectivity index (χ4v) is 6.05. The molecule has 6 heteroatoms. The first kappa shape index (κ1) is 38.2. The van der Waals surface area contributed by atoms with Crippen LogP contribution in [0.1, 0.15) is 139 Å².